The molecule has 0 N–H and O–H groups in total. The van der Waals surface area contributed by atoms with Crippen molar-refractivity contribution >= 4 is 29.4 Å². The average molecular weight is 403 g/mol. The van der Waals surface area contributed by atoms with Gasteiger partial charge in [-0.2, -0.15) is 0 Å². The van der Waals surface area contributed by atoms with E-state index in [-0.39, 0.29) is 23.1 Å². The molecule has 10 nitrogen and oxygen atoms in total. The first-order chi connectivity index (χ1) is 13.8. The Labute approximate surface area is 166 Å². The molecule has 3 rings (SSSR count). The molecule has 0 radical (unpaired) electrons. The van der Waals surface area contributed by atoms with Crippen molar-refractivity contribution in [1.29, 1.82) is 0 Å². The van der Waals surface area contributed by atoms with E-state index in [1.165, 1.54) is 12.1 Å². The lowest BCUT2D eigenvalue weighted by Gasteiger charge is -2.35. The van der Waals surface area contributed by atoms with E-state index in [1.54, 1.807) is 4.90 Å². The lowest BCUT2D eigenvalue weighted by molar-refractivity contribution is -0.385. The minimum Gasteiger partial charge on any atom is -0.454 e. The van der Waals surface area contributed by atoms with Crippen molar-refractivity contribution in [3.63, 3.8) is 0 Å². The molecular weight excluding hydrogens is 382 g/mol. The van der Waals surface area contributed by atoms with Crippen molar-refractivity contribution in [2.45, 2.75) is 38.6 Å². The number of amides is 3. The zero-order valence-corrected chi connectivity index (χ0v) is 16.0. The van der Waals surface area contributed by atoms with Crippen molar-refractivity contribution in [2.75, 3.05) is 19.7 Å². The maximum absolute atomic E-state index is 12.5. The van der Waals surface area contributed by atoms with Crippen LogP contribution in [-0.4, -0.2) is 64.2 Å². The zero-order valence-electron chi connectivity index (χ0n) is 16.0. The quantitative estimate of drug-likeness (QED) is 0.305. The smallest absolute Gasteiger partial charge is 0.326 e. The molecule has 0 aliphatic carbocycles. The first-order valence-corrected chi connectivity index (χ1v) is 9.43. The highest BCUT2D eigenvalue weighted by atomic mass is 16.6. The summed E-state index contributed by atoms with van der Waals surface area (Å²) in [4.78, 5) is 62.0. The number of carbonyl (C=O) groups is 4. The van der Waals surface area contributed by atoms with E-state index in [0.29, 0.717) is 11.4 Å². The summed E-state index contributed by atoms with van der Waals surface area (Å²) in [5.74, 6) is -2.98. The molecule has 29 heavy (non-hydrogen) atoms. The summed E-state index contributed by atoms with van der Waals surface area (Å²) in [5.41, 5.74) is -0.972. The molecule has 1 fully saturated rings. The molecule has 1 atom stereocenters. The lowest BCUT2D eigenvalue weighted by atomic mass is 10.00. The minimum absolute atomic E-state index is 0.117. The minimum atomic E-state index is -0.930. The summed E-state index contributed by atoms with van der Waals surface area (Å²) in [5, 5.41) is 11.1. The molecule has 0 aromatic heterocycles. The molecule has 0 spiro atoms. The molecule has 1 saturated heterocycles. The largest absolute Gasteiger partial charge is 0.454 e. The van der Waals surface area contributed by atoms with Crippen LogP contribution in [0.2, 0.25) is 0 Å². The molecule has 2 aliphatic rings. The van der Waals surface area contributed by atoms with Gasteiger partial charge in [0.2, 0.25) is 0 Å². The van der Waals surface area contributed by atoms with Gasteiger partial charge >= 0.3 is 5.97 Å². The fourth-order valence-electron chi connectivity index (χ4n) is 3.76. The molecule has 2 heterocycles. The van der Waals surface area contributed by atoms with Crippen molar-refractivity contribution in [3.05, 3.63) is 39.4 Å². The topological polar surface area (TPSA) is 127 Å². The van der Waals surface area contributed by atoms with E-state index in [2.05, 4.69) is 0 Å². The van der Waals surface area contributed by atoms with Crippen molar-refractivity contribution < 1.29 is 28.8 Å². The van der Waals surface area contributed by atoms with Crippen LogP contribution in [0.1, 0.15) is 53.3 Å². The monoisotopic (exact) mass is 403 g/mol. The van der Waals surface area contributed by atoms with Crippen LogP contribution in [0, 0.1) is 10.1 Å². The molecule has 0 bridgehead atoms. The summed E-state index contributed by atoms with van der Waals surface area (Å²) < 4.78 is 4.97. The van der Waals surface area contributed by atoms with Gasteiger partial charge in [0.05, 0.1) is 10.5 Å². The highest BCUT2D eigenvalue weighted by Crippen LogP contribution is 2.30. The molecule has 2 aliphatic heterocycles. The van der Waals surface area contributed by atoms with Gasteiger partial charge in [-0.3, -0.25) is 34.2 Å². The van der Waals surface area contributed by atoms with Crippen LogP contribution in [-0.2, 0) is 14.3 Å². The molecule has 1 aromatic rings. The third kappa shape index (κ3) is 3.96. The van der Waals surface area contributed by atoms with Crippen LogP contribution in [0.5, 0.6) is 0 Å². The Morgan fingerprint density at radius 3 is 2.69 bits per heavy atom. The summed E-state index contributed by atoms with van der Waals surface area (Å²) in [6, 6.07) is 3.82. The number of hydrogen-bond acceptors (Lipinski definition) is 7. The highest BCUT2D eigenvalue weighted by molar-refractivity contribution is 6.24. The number of esters is 1. The summed E-state index contributed by atoms with van der Waals surface area (Å²) in [6.07, 6.45) is 3.66. The van der Waals surface area contributed by atoms with Gasteiger partial charge in [0.1, 0.15) is 12.1 Å². The van der Waals surface area contributed by atoms with Crippen LogP contribution < -0.4 is 0 Å². The number of fused-ring (bicyclic) bond motifs is 1. The first kappa shape index (κ1) is 20.4. The molecule has 0 unspecified atom stereocenters. The second-order valence-electron chi connectivity index (χ2n) is 6.96. The van der Waals surface area contributed by atoms with E-state index in [0.717, 1.165) is 31.7 Å². The van der Waals surface area contributed by atoms with Gasteiger partial charge in [-0.1, -0.05) is 13.0 Å². The van der Waals surface area contributed by atoms with E-state index >= 15 is 0 Å². The highest BCUT2D eigenvalue weighted by Gasteiger charge is 2.42. The van der Waals surface area contributed by atoms with E-state index in [9.17, 15) is 29.3 Å². The fourth-order valence-corrected chi connectivity index (χ4v) is 3.76. The summed E-state index contributed by atoms with van der Waals surface area (Å²) in [7, 11) is 0. The van der Waals surface area contributed by atoms with Gasteiger partial charge in [-0.15, -0.1) is 0 Å². The standard InChI is InChI=1S/C19H21N3O7/c1-2-12-6-3-4-9-20(12)15(23)11-29-16(24)10-21-18(25)13-7-5-8-14(22(27)28)17(13)19(21)26/h5,7-8,12H,2-4,6,9-11H2,1H3/t12-/m0/s1. The number of benzene rings is 1. The predicted molar refractivity (Wildman–Crippen MR) is 99.1 cm³/mol. The number of nitro benzene ring substituents is 1. The van der Waals surface area contributed by atoms with Gasteiger partial charge in [0.25, 0.3) is 23.4 Å². The van der Waals surface area contributed by atoms with Gasteiger partial charge in [-0.05, 0) is 31.7 Å². The number of rotatable bonds is 6. The Morgan fingerprint density at radius 2 is 2.00 bits per heavy atom. The fraction of sp³-hybridized carbons (Fsp3) is 0.474. The van der Waals surface area contributed by atoms with Gasteiger partial charge < -0.3 is 9.64 Å². The van der Waals surface area contributed by atoms with Gasteiger partial charge in [0, 0.05) is 18.7 Å². The van der Waals surface area contributed by atoms with E-state index in [4.69, 9.17) is 4.74 Å². The molecule has 1 aromatic carbocycles. The number of nitro groups is 1. The Kier molecular flexibility index (Phi) is 5.90. The Hall–Kier alpha value is -3.30. The van der Waals surface area contributed by atoms with Gasteiger partial charge in [-0.25, -0.2) is 0 Å². The molecule has 10 heteroatoms. The molecule has 154 valence electrons. The van der Waals surface area contributed by atoms with E-state index < -0.39 is 41.5 Å². The average Bonchev–Trinajstić information content (AvgIpc) is 2.96. The molecule has 0 saturated carbocycles. The zero-order chi connectivity index (χ0) is 21.1. The number of imide groups is 1. The van der Waals surface area contributed by atoms with Crippen molar-refractivity contribution in [1.82, 2.24) is 9.80 Å². The van der Waals surface area contributed by atoms with Gasteiger partial charge in [0.15, 0.2) is 6.61 Å². The van der Waals surface area contributed by atoms with E-state index in [1.807, 2.05) is 6.92 Å². The van der Waals surface area contributed by atoms with Crippen LogP contribution in [0.3, 0.4) is 0 Å². The Morgan fingerprint density at radius 1 is 1.24 bits per heavy atom. The van der Waals surface area contributed by atoms with Crippen molar-refractivity contribution in [3.8, 4) is 0 Å². The SMILES string of the molecule is CC[C@H]1CCCCN1C(=O)COC(=O)CN1C(=O)c2cccc([N+](=O)[O-])c2C1=O. The second-order valence-corrected chi connectivity index (χ2v) is 6.96. The molecular formula is C19H21N3O7. The van der Waals surface area contributed by atoms with Crippen molar-refractivity contribution in [2.24, 2.45) is 0 Å². The summed E-state index contributed by atoms with van der Waals surface area (Å²) in [6.45, 7) is 1.41. The first-order valence-electron chi connectivity index (χ1n) is 9.43. The number of hydrogen-bond donors (Lipinski definition) is 0. The maximum Gasteiger partial charge on any atom is 0.326 e. The third-order valence-corrected chi connectivity index (χ3v) is 5.24. The second kappa shape index (κ2) is 8.38. The normalized spacial score (nSPS) is 18.6. The van der Waals surface area contributed by atoms with Crippen LogP contribution in [0.4, 0.5) is 5.69 Å². The predicted octanol–water partition coefficient (Wildman–Crippen LogP) is 1.53. The Balaban J connectivity index is 1.62. The Bertz CT molecular complexity index is 883. The number of ether oxygens (including phenoxy) is 1. The van der Waals surface area contributed by atoms with Crippen LogP contribution >= 0.6 is 0 Å². The summed E-state index contributed by atoms with van der Waals surface area (Å²) >= 11 is 0. The number of piperidine rings is 1. The third-order valence-electron chi connectivity index (χ3n) is 5.24. The van der Waals surface area contributed by atoms with Crippen LogP contribution in [0.25, 0.3) is 0 Å². The number of nitrogens with zero attached hydrogens (tertiary/aromatic N) is 3. The lowest BCUT2D eigenvalue weighted by Crippen LogP contribution is -2.45. The number of likely N-dealkylation sites (tertiary alicyclic amines) is 1. The maximum atomic E-state index is 12.5. The molecule has 3 amide bonds. The number of carbonyl (C=O) groups excluding carboxylic acids is 4. The van der Waals surface area contributed by atoms with Crippen LogP contribution in [0.15, 0.2) is 18.2 Å².